The van der Waals surface area contributed by atoms with E-state index in [1.165, 1.54) is 0 Å². The van der Waals surface area contributed by atoms with Crippen LogP contribution >= 0.6 is 0 Å². The van der Waals surface area contributed by atoms with Gasteiger partial charge in [-0.15, -0.1) is 0 Å². The summed E-state index contributed by atoms with van der Waals surface area (Å²) in [5, 5.41) is 0. The largest absolute Gasteiger partial charge is 0.497 e. The van der Waals surface area contributed by atoms with Crippen molar-refractivity contribution in [2.75, 3.05) is 7.11 Å². The smallest absolute Gasteiger partial charge is 0.363 e. The molecule has 0 spiro atoms. The Bertz CT molecular complexity index is 750. The highest BCUT2D eigenvalue weighted by atomic mass is 16.6. The monoisotopic (exact) mass is 308 g/mol. The van der Waals surface area contributed by atoms with Crippen LogP contribution < -0.4 is 4.74 Å². The lowest BCUT2D eigenvalue weighted by molar-refractivity contribution is -0.130. The fourth-order valence-corrected chi connectivity index (χ4v) is 2.21. The molecule has 0 fully saturated rings. The zero-order chi connectivity index (χ0) is 16.1. The van der Waals surface area contributed by atoms with E-state index < -0.39 is 5.97 Å². The summed E-state index contributed by atoms with van der Waals surface area (Å²) in [5.41, 5.74) is 2.10. The number of esters is 1. The second-order valence-electron chi connectivity index (χ2n) is 5.03. The van der Waals surface area contributed by atoms with Gasteiger partial charge in [-0.1, -0.05) is 18.2 Å². The van der Waals surface area contributed by atoms with Gasteiger partial charge in [-0.3, -0.25) is 4.98 Å². The number of hydrogen-bond acceptors (Lipinski definition) is 5. The van der Waals surface area contributed by atoms with E-state index in [9.17, 15) is 4.79 Å². The Morgan fingerprint density at radius 1 is 1.13 bits per heavy atom. The molecule has 0 saturated carbocycles. The first kappa shape index (κ1) is 15.0. The summed E-state index contributed by atoms with van der Waals surface area (Å²) < 4.78 is 10.3. The number of pyridine rings is 1. The van der Waals surface area contributed by atoms with Crippen molar-refractivity contribution in [3.8, 4) is 5.75 Å². The first-order valence-electron chi connectivity index (χ1n) is 7.30. The van der Waals surface area contributed by atoms with E-state index in [4.69, 9.17) is 9.47 Å². The minimum atomic E-state index is -0.430. The van der Waals surface area contributed by atoms with Crippen molar-refractivity contribution < 1.29 is 14.3 Å². The Kier molecular flexibility index (Phi) is 4.47. The second kappa shape index (κ2) is 6.87. The topological polar surface area (TPSA) is 60.8 Å². The first-order valence-corrected chi connectivity index (χ1v) is 7.30. The van der Waals surface area contributed by atoms with Crippen LogP contribution in [-0.4, -0.2) is 24.0 Å². The fourth-order valence-electron chi connectivity index (χ4n) is 2.21. The van der Waals surface area contributed by atoms with Gasteiger partial charge in [-0.05, 0) is 42.3 Å². The summed E-state index contributed by atoms with van der Waals surface area (Å²) in [6.45, 7) is 0. The maximum atomic E-state index is 11.8. The molecular formula is C18H16N2O3. The number of aliphatic imine (C=N–C) groups is 1. The van der Waals surface area contributed by atoms with Crippen LogP contribution in [-0.2, 0) is 16.0 Å². The number of carbonyl (C=O) groups excluding carboxylic acids is 1. The number of methoxy groups -OCH3 is 1. The predicted molar refractivity (Wildman–Crippen MR) is 87.1 cm³/mol. The van der Waals surface area contributed by atoms with Crippen LogP contribution in [0.5, 0.6) is 5.75 Å². The summed E-state index contributed by atoms with van der Waals surface area (Å²) in [5.74, 6) is 0.826. The summed E-state index contributed by atoms with van der Waals surface area (Å²) in [4.78, 5) is 20.2. The van der Waals surface area contributed by atoms with Crippen LogP contribution in [0.4, 0.5) is 0 Å². The summed E-state index contributed by atoms with van der Waals surface area (Å²) in [6.07, 6.45) is 4.61. The molecule has 5 nitrogen and oxygen atoms in total. The number of carbonyl (C=O) groups is 1. The predicted octanol–water partition coefficient (Wildman–Crippen LogP) is 3.02. The fraction of sp³-hybridized carbons (Fsp3) is 0.167. The zero-order valence-electron chi connectivity index (χ0n) is 12.7. The Labute approximate surface area is 134 Å². The van der Waals surface area contributed by atoms with E-state index >= 15 is 0 Å². The quantitative estimate of drug-likeness (QED) is 0.629. The molecule has 1 aliphatic rings. The third-order valence-corrected chi connectivity index (χ3v) is 3.42. The van der Waals surface area contributed by atoms with Crippen LogP contribution in [0, 0.1) is 0 Å². The van der Waals surface area contributed by atoms with Gasteiger partial charge in [0, 0.05) is 12.6 Å². The molecule has 2 heterocycles. The Balaban J connectivity index is 1.65. The Morgan fingerprint density at radius 3 is 2.65 bits per heavy atom. The number of benzene rings is 1. The van der Waals surface area contributed by atoms with Gasteiger partial charge in [0.1, 0.15) is 5.75 Å². The molecule has 0 aliphatic carbocycles. The summed E-state index contributed by atoms with van der Waals surface area (Å²) in [7, 11) is 1.64. The molecule has 1 aromatic carbocycles. The lowest BCUT2D eigenvalue weighted by Gasteiger charge is -2.03. The van der Waals surface area contributed by atoms with E-state index in [-0.39, 0.29) is 5.70 Å². The summed E-state index contributed by atoms with van der Waals surface area (Å²) >= 11 is 0. The minimum Gasteiger partial charge on any atom is -0.497 e. The van der Waals surface area contributed by atoms with E-state index in [1.807, 2.05) is 42.5 Å². The average Bonchev–Trinajstić information content (AvgIpc) is 2.94. The first-order chi connectivity index (χ1) is 11.2. The number of ether oxygens (including phenoxy) is 2. The Morgan fingerprint density at radius 2 is 1.96 bits per heavy atom. The van der Waals surface area contributed by atoms with Crippen LogP contribution in [0.1, 0.15) is 17.7 Å². The van der Waals surface area contributed by atoms with Gasteiger partial charge in [0.25, 0.3) is 0 Å². The van der Waals surface area contributed by atoms with Crippen molar-refractivity contribution in [3.63, 3.8) is 0 Å². The van der Waals surface area contributed by atoms with Crippen LogP contribution in [0.2, 0.25) is 0 Å². The SMILES string of the molecule is COc1ccc(CCC2=N/C(=C/c3ccccn3)C(=O)O2)cc1. The van der Waals surface area contributed by atoms with Crippen LogP contribution in [0.25, 0.3) is 6.08 Å². The van der Waals surface area contributed by atoms with Crippen LogP contribution in [0.15, 0.2) is 59.4 Å². The summed E-state index contributed by atoms with van der Waals surface area (Å²) in [6, 6.07) is 13.3. The van der Waals surface area contributed by atoms with Gasteiger partial charge < -0.3 is 9.47 Å². The van der Waals surface area contributed by atoms with Crippen LogP contribution in [0.3, 0.4) is 0 Å². The highest BCUT2D eigenvalue weighted by molar-refractivity contribution is 6.07. The molecular weight excluding hydrogens is 292 g/mol. The van der Waals surface area contributed by atoms with Gasteiger partial charge in [-0.25, -0.2) is 9.79 Å². The number of nitrogens with zero attached hydrogens (tertiary/aromatic N) is 2. The van der Waals surface area contributed by atoms with Gasteiger partial charge in [0.2, 0.25) is 0 Å². The van der Waals surface area contributed by atoms with Crippen molar-refractivity contribution in [2.24, 2.45) is 4.99 Å². The molecule has 0 radical (unpaired) electrons. The second-order valence-corrected chi connectivity index (χ2v) is 5.03. The highest BCUT2D eigenvalue weighted by Crippen LogP contribution is 2.18. The lowest BCUT2D eigenvalue weighted by Crippen LogP contribution is -2.05. The third kappa shape index (κ3) is 3.83. The van der Waals surface area contributed by atoms with Gasteiger partial charge in [-0.2, -0.15) is 0 Å². The maximum Gasteiger partial charge on any atom is 0.363 e. The molecule has 0 N–H and O–H groups in total. The average molecular weight is 308 g/mol. The molecule has 116 valence electrons. The zero-order valence-corrected chi connectivity index (χ0v) is 12.7. The molecule has 1 aliphatic heterocycles. The highest BCUT2D eigenvalue weighted by Gasteiger charge is 2.22. The number of aryl methyl sites for hydroxylation is 1. The molecule has 0 atom stereocenters. The maximum absolute atomic E-state index is 11.8. The molecule has 0 bridgehead atoms. The number of rotatable bonds is 5. The van der Waals surface area contributed by atoms with E-state index in [0.717, 1.165) is 17.7 Å². The number of aromatic nitrogens is 1. The van der Waals surface area contributed by atoms with Gasteiger partial charge in [0.15, 0.2) is 11.6 Å². The van der Waals surface area contributed by atoms with E-state index in [2.05, 4.69) is 9.98 Å². The number of hydrogen-bond donors (Lipinski definition) is 0. The number of cyclic esters (lactones) is 1. The van der Waals surface area contributed by atoms with Crippen molar-refractivity contribution in [2.45, 2.75) is 12.8 Å². The van der Waals surface area contributed by atoms with Gasteiger partial charge >= 0.3 is 5.97 Å². The van der Waals surface area contributed by atoms with Crippen molar-refractivity contribution in [1.29, 1.82) is 0 Å². The lowest BCUT2D eigenvalue weighted by atomic mass is 10.1. The third-order valence-electron chi connectivity index (χ3n) is 3.42. The van der Waals surface area contributed by atoms with E-state index in [1.54, 1.807) is 19.4 Å². The normalized spacial score (nSPS) is 15.4. The van der Waals surface area contributed by atoms with Crippen molar-refractivity contribution in [1.82, 2.24) is 4.98 Å². The molecule has 0 unspecified atom stereocenters. The Hall–Kier alpha value is -2.95. The molecule has 3 rings (SSSR count). The molecule has 23 heavy (non-hydrogen) atoms. The van der Waals surface area contributed by atoms with Crippen molar-refractivity contribution >= 4 is 17.9 Å². The van der Waals surface area contributed by atoms with E-state index in [0.29, 0.717) is 18.0 Å². The standard InChI is InChI=1S/C18H16N2O3/c1-22-15-8-5-13(6-9-15)7-10-17-20-16(18(21)23-17)12-14-4-2-3-11-19-14/h2-6,8-9,11-12H,7,10H2,1H3/b16-12+. The molecule has 0 saturated heterocycles. The molecule has 5 heteroatoms. The minimum absolute atomic E-state index is 0.286. The van der Waals surface area contributed by atoms with Gasteiger partial charge in [0.05, 0.1) is 12.8 Å². The molecule has 1 aromatic heterocycles. The molecule has 0 amide bonds. The van der Waals surface area contributed by atoms with Crippen molar-refractivity contribution in [3.05, 3.63) is 65.6 Å². The molecule has 2 aromatic rings.